The van der Waals surface area contributed by atoms with E-state index in [9.17, 15) is 0 Å². The minimum atomic E-state index is 0.000576. The number of hydrogen-bond donors (Lipinski definition) is 2. The van der Waals surface area contributed by atoms with Gasteiger partial charge in [-0.25, -0.2) is 0 Å². The van der Waals surface area contributed by atoms with Crippen molar-refractivity contribution >= 4 is 15.9 Å². The molecular formula is C12H16BrN5O2. The number of nitrogens with zero attached hydrogens (tertiary/aromatic N) is 3. The van der Waals surface area contributed by atoms with Gasteiger partial charge in [0.15, 0.2) is 17.3 Å². The fourth-order valence-electron chi connectivity index (χ4n) is 1.79. The van der Waals surface area contributed by atoms with Crippen LogP contribution in [0.1, 0.15) is 24.4 Å². The monoisotopic (exact) mass is 341 g/mol. The Kier molecular flexibility index (Phi) is 4.91. The summed E-state index contributed by atoms with van der Waals surface area (Å²) in [7, 11) is 3.22. The molecule has 1 unspecified atom stereocenters. The van der Waals surface area contributed by atoms with Gasteiger partial charge in [-0.2, -0.15) is 5.21 Å². The van der Waals surface area contributed by atoms with Crippen molar-refractivity contribution in [1.29, 1.82) is 0 Å². The second kappa shape index (κ2) is 6.67. The zero-order valence-electron chi connectivity index (χ0n) is 11.5. The first-order valence-electron chi connectivity index (χ1n) is 6.02. The van der Waals surface area contributed by atoms with Crippen LogP contribution in [-0.2, 0) is 6.54 Å². The van der Waals surface area contributed by atoms with E-state index in [1.165, 1.54) is 0 Å². The lowest BCUT2D eigenvalue weighted by Gasteiger charge is -2.14. The van der Waals surface area contributed by atoms with E-state index in [1.807, 2.05) is 19.1 Å². The Morgan fingerprint density at radius 3 is 2.75 bits per heavy atom. The van der Waals surface area contributed by atoms with Crippen molar-refractivity contribution < 1.29 is 9.47 Å². The van der Waals surface area contributed by atoms with Gasteiger partial charge >= 0.3 is 0 Å². The molecule has 0 aliphatic rings. The Hall–Kier alpha value is -1.67. The van der Waals surface area contributed by atoms with E-state index in [-0.39, 0.29) is 6.04 Å². The molecule has 0 saturated carbocycles. The molecule has 1 atom stereocenters. The maximum atomic E-state index is 5.31. The van der Waals surface area contributed by atoms with Crippen molar-refractivity contribution in [1.82, 2.24) is 25.9 Å². The van der Waals surface area contributed by atoms with Crippen molar-refractivity contribution in [3.63, 3.8) is 0 Å². The van der Waals surface area contributed by atoms with Gasteiger partial charge in [-0.3, -0.25) is 0 Å². The van der Waals surface area contributed by atoms with E-state index in [1.54, 1.807) is 14.2 Å². The van der Waals surface area contributed by atoms with Gasteiger partial charge in [0.2, 0.25) is 0 Å². The van der Waals surface area contributed by atoms with Crippen molar-refractivity contribution in [2.75, 3.05) is 14.2 Å². The average Bonchev–Trinajstić information content (AvgIpc) is 2.98. The number of aromatic nitrogens is 4. The van der Waals surface area contributed by atoms with E-state index >= 15 is 0 Å². The normalized spacial score (nSPS) is 12.2. The van der Waals surface area contributed by atoms with Crippen LogP contribution in [0.4, 0.5) is 0 Å². The van der Waals surface area contributed by atoms with Gasteiger partial charge in [0.1, 0.15) is 0 Å². The average molecular weight is 342 g/mol. The largest absolute Gasteiger partial charge is 0.493 e. The Morgan fingerprint density at radius 2 is 2.15 bits per heavy atom. The molecule has 0 fully saturated rings. The van der Waals surface area contributed by atoms with Crippen LogP contribution in [0.15, 0.2) is 16.6 Å². The van der Waals surface area contributed by atoms with E-state index in [0.717, 1.165) is 10.0 Å². The highest BCUT2D eigenvalue weighted by Crippen LogP contribution is 2.36. The summed E-state index contributed by atoms with van der Waals surface area (Å²) < 4.78 is 11.4. The van der Waals surface area contributed by atoms with Crippen LogP contribution in [0, 0.1) is 0 Å². The molecule has 0 spiro atoms. The van der Waals surface area contributed by atoms with Crippen LogP contribution < -0.4 is 14.8 Å². The number of halogens is 1. The van der Waals surface area contributed by atoms with E-state index in [2.05, 4.69) is 41.9 Å². The Balaban J connectivity index is 2.08. The predicted molar refractivity (Wildman–Crippen MR) is 76.7 cm³/mol. The predicted octanol–water partition coefficient (Wildman–Crippen LogP) is 1.83. The maximum Gasteiger partial charge on any atom is 0.191 e. The summed E-state index contributed by atoms with van der Waals surface area (Å²) in [5, 5.41) is 17.2. The zero-order chi connectivity index (χ0) is 14.5. The smallest absolute Gasteiger partial charge is 0.191 e. The Labute approximate surface area is 125 Å². The highest BCUT2D eigenvalue weighted by Gasteiger charge is 2.13. The molecule has 2 N–H and O–H groups in total. The van der Waals surface area contributed by atoms with Gasteiger partial charge in [0.25, 0.3) is 0 Å². The van der Waals surface area contributed by atoms with Gasteiger partial charge in [0.05, 0.1) is 24.7 Å². The molecular weight excluding hydrogens is 326 g/mol. The highest BCUT2D eigenvalue weighted by molar-refractivity contribution is 9.10. The second-order valence-corrected chi connectivity index (χ2v) is 5.04. The molecule has 7 nitrogen and oxygen atoms in total. The van der Waals surface area contributed by atoms with Gasteiger partial charge in [-0.15, -0.1) is 10.2 Å². The van der Waals surface area contributed by atoms with Gasteiger partial charge in [0, 0.05) is 6.54 Å². The van der Waals surface area contributed by atoms with Crippen molar-refractivity contribution in [3.05, 3.63) is 28.0 Å². The van der Waals surface area contributed by atoms with Crippen LogP contribution >= 0.6 is 15.9 Å². The van der Waals surface area contributed by atoms with Crippen molar-refractivity contribution in [2.24, 2.45) is 0 Å². The molecule has 20 heavy (non-hydrogen) atoms. The minimum Gasteiger partial charge on any atom is -0.493 e. The lowest BCUT2D eigenvalue weighted by molar-refractivity contribution is 0.352. The molecule has 0 radical (unpaired) electrons. The van der Waals surface area contributed by atoms with Crippen molar-refractivity contribution in [3.8, 4) is 11.5 Å². The van der Waals surface area contributed by atoms with Crippen LogP contribution in [0.3, 0.4) is 0 Å². The first kappa shape index (κ1) is 14.7. The van der Waals surface area contributed by atoms with E-state index in [4.69, 9.17) is 9.47 Å². The topological polar surface area (TPSA) is 85.0 Å². The molecule has 0 aliphatic carbocycles. The van der Waals surface area contributed by atoms with Crippen molar-refractivity contribution in [2.45, 2.75) is 19.5 Å². The molecule has 0 bridgehead atoms. The molecule has 0 amide bonds. The molecule has 108 valence electrons. The summed E-state index contributed by atoms with van der Waals surface area (Å²) in [6.45, 7) is 2.62. The summed E-state index contributed by atoms with van der Waals surface area (Å²) in [6, 6.07) is 3.91. The number of ether oxygens (including phenoxy) is 2. The molecule has 1 aromatic heterocycles. The number of rotatable bonds is 6. The third kappa shape index (κ3) is 3.26. The summed E-state index contributed by atoms with van der Waals surface area (Å²) in [4.78, 5) is 0. The summed E-state index contributed by atoms with van der Waals surface area (Å²) >= 11 is 3.47. The molecule has 1 aromatic carbocycles. The number of benzene rings is 1. The third-order valence-corrected chi connectivity index (χ3v) is 3.44. The number of methoxy groups -OCH3 is 2. The summed E-state index contributed by atoms with van der Waals surface area (Å²) in [6.07, 6.45) is 0. The number of tetrazole rings is 1. The molecule has 0 aliphatic heterocycles. The minimum absolute atomic E-state index is 0.000576. The van der Waals surface area contributed by atoms with Gasteiger partial charge < -0.3 is 14.8 Å². The zero-order valence-corrected chi connectivity index (χ0v) is 13.1. The SMILES string of the molecule is COc1cc(CNC(C)c2nn[nH]n2)cc(Br)c1OC. The maximum absolute atomic E-state index is 5.31. The fourth-order valence-corrected chi connectivity index (χ4v) is 2.44. The van der Waals surface area contributed by atoms with Crippen LogP contribution in [0.2, 0.25) is 0 Å². The van der Waals surface area contributed by atoms with Gasteiger partial charge in [-0.05, 0) is 40.5 Å². The number of nitrogens with one attached hydrogen (secondary N) is 2. The standard InChI is InChI=1S/C12H16BrN5O2/c1-7(12-15-17-18-16-12)14-6-8-4-9(13)11(20-3)10(5-8)19-2/h4-5,7,14H,6H2,1-3H3,(H,15,16,17,18). The first-order valence-corrected chi connectivity index (χ1v) is 6.82. The Bertz CT molecular complexity index is 561. The van der Waals surface area contributed by atoms with Crippen LogP contribution in [-0.4, -0.2) is 34.8 Å². The molecule has 1 heterocycles. The summed E-state index contributed by atoms with van der Waals surface area (Å²) in [5.41, 5.74) is 1.06. The second-order valence-electron chi connectivity index (χ2n) is 4.19. The first-order chi connectivity index (χ1) is 9.65. The lowest BCUT2D eigenvalue weighted by Crippen LogP contribution is -2.19. The third-order valence-electron chi connectivity index (χ3n) is 2.85. The molecule has 8 heteroatoms. The van der Waals surface area contributed by atoms with Crippen LogP contribution in [0.25, 0.3) is 0 Å². The molecule has 2 aromatic rings. The highest BCUT2D eigenvalue weighted by atomic mass is 79.9. The van der Waals surface area contributed by atoms with Crippen LogP contribution in [0.5, 0.6) is 11.5 Å². The van der Waals surface area contributed by atoms with E-state index < -0.39 is 0 Å². The fraction of sp³-hybridized carbons (Fsp3) is 0.417. The molecule has 0 saturated heterocycles. The number of H-pyrrole nitrogens is 1. The number of hydrogen-bond acceptors (Lipinski definition) is 6. The quantitative estimate of drug-likeness (QED) is 0.833. The van der Waals surface area contributed by atoms with E-state index in [0.29, 0.717) is 23.9 Å². The summed E-state index contributed by atoms with van der Waals surface area (Å²) in [5.74, 6) is 2.00. The molecule has 2 rings (SSSR count). The van der Waals surface area contributed by atoms with Gasteiger partial charge in [-0.1, -0.05) is 5.21 Å². The lowest BCUT2D eigenvalue weighted by atomic mass is 10.2. The number of aromatic amines is 1. The Morgan fingerprint density at radius 1 is 1.35 bits per heavy atom.